The predicted molar refractivity (Wildman–Crippen MR) is 106 cm³/mol. The number of fused-ring (bicyclic) bond motifs is 1. The number of anilines is 1. The molecule has 0 radical (unpaired) electrons. The van der Waals surface area contributed by atoms with Crippen LogP contribution in [0.1, 0.15) is 11.3 Å². The number of piperazine rings is 1. The molecule has 27 heavy (non-hydrogen) atoms. The minimum absolute atomic E-state index is 0.0213. The largest absolute Gasteiger partial charge is 0.351 e. The van der Waals surface area contributed by atoms with E-state index in [1.54, 1.807) is 10.5 Å². The number of hydrogen-bond donors (Lipinski definition) is 1. The molecule has 0 spiro atoms. The SMILES string of the molecule is Cc1n[nH]c2cnc(N3CCN(S(C)(=O)=O)C[C@H]3Cc3ccccc3)cc12. The van der Waals surface area contributed by atoms with E-state index < -0.39 is 10.0 Å². The van der Waals surface area contributed by atoms with Gasteiger partial charge in [-0.25, -0.2) is 13.4 Å². The van der Waals surface area contributed by atoms with Crippen LogP contribution in [0, 0.1) is 6.92 Å². The Balaban J connectivity index is 1.68. The zero-order valence-corrected chi connectivity index (χ0v) is 16.3. The first-order valence-electron chi connectivity index (χ1n) is 8.98. The summed E-state index contributed by atoms with van der Waals surface area (Å²) in [5.74, 6) is 0.862. The molecule has 0 aliphatic carbocycles. The van der Waals surface area contributed by atoms with Gasteiger partial charge < -0.3 is 4.90 Å². The fraction of sp³-hybridized carbons (Fsp3) is 0.368. The minimum Gasteiger partial charge on any atom is -0.351 e. The summed E-state index contributed by atoms with van der Waals surface area (Å²) in [6, 6.07) is 12.2. The van der Waals surface area contributed by atoms with Crippen LogP contribution in [0.25, 0.3) is 10.9 Å². The van der Waals surface area contributed by atoms with E-state index in [2.05, 4.69) is 32.2 Å². The van der Waals surface area contributed by atoms with Crippen molar-refractivity contribution in [1.82, 2.24) is 19.5 Å². The number of aromatic amines is 1. The van der Waals surface area contributed by atoms with Gasteiger partial charge in [-0.15, -0.1) is 0 Å². The Morgan fingerprint density at radius 1 is 1.22 bits per heavy atom. The fourth-order valence-corrected chi connectivity index (χ4v) is 4.54. The number of hydrogen-bond acceptors (Lipinski definition) is 5. The van der Waals surface area contributed by atoms with E-state index in [1.807, 2.05) is 31.2 Å². The van der Waals surface area contributed by atoms with Crippen LogP contribution in [-0.2, 0) is 16.4 Å². The molecule has 1 aromatic carbocycles. The lowest BCUT2D eigenvalue weighted by molar-refractivity contribution is 0.331. The zero-order valence-electron chi connectivity index (χ0n) is 15.5. The van der Waals surface area contributed by atoms with Crippen LogP contribution in [0.15, 0.2) is 42.6 Å². The first kappa shape index (κ1) is 17.9. The van der Waals surface area contributed by atoms with Crippen LogP contribution in [0.4, 0.5) is 5.82 Å². The molecule has 0 unspecified atom stereocenters. The van der Waals surface area contributed by atoms with Crippen LogP contribution < -0.4 is 4.90 Å². The summed E-state index contributed by atoms with van der Waals surface area (Å²) >= 11 is 0. The Labute approximate surface area is 159 Å². The molecule has 0 bridgehead atoms. The van der Waals surface area contributed by atoms with E-state index in [4.69, 9.17) is 0 Å². The number of rotatable bonds is 4. The fourth-order valence-electron chi connectivity index (χ4n) is 3.68. The molecule has 1 fully saturated rings. The van der Waals surface area contributed by atoms with E-state index in [1.165, 1.54) is 11.8 Å². The zero-order chi connectivity index (χ0) is 19.0. The highest BCUT2D eigenvalue weighted by Gasteiger charge is 2.32. The summed E-state index contributed by atoms with van der Waals surface area (Å²) in [5, 5.41) is 8.26. The van der Waals surface area contributed by atoms with Crippen molar-refractivity contribution in [2.45, 2.75) is 19.4 Å². The first-order chi connectivity index (χ1) is 12.9. The Morgan fingerprint density at radius 3 is 2.74 bits per heavy atom. The lowest BCUT2D eigenvalue weighted by atomic mass is 10.0. The van der Waals surface area contributed by atoms with Gasteiger partial charge in [-0.05, 0) is 25.0 Å². The monoisotopic (exact) mass is 385 g/mol. The Morgan fingerprint density at radius 2 is 2.00 bits per heavy atom. The van der Waals surface area contributed by atoms with Crippen molar-refractivity contribution in [3.8, 4) is 0 Å². The molecule has 142 valence electrons. The van der Waals surface area contributed by atoms with Crippen LogP contribution >= 0.6 is 0 Å². The van der Waals surface area contributed by atoms with Crippen LogP contribution in [0.2, 0.25) is 0 Å². The van der Waals surface area contributed by atoms with Crippen molar-refractivity contribution in [2.24, 2.45) is 0 Å². The van der Waals surface area contributed by atoms with Crippen molar-refractivity contribution < 1.29 is 8.42 Å². The lowest BCUT2D eigenvalue weighted by Crippen LogP contribution is -2.55. The number of H-pyrrole nitrogens is 1. The maximum absolute atomic E-state index is 12.1. The molecule has 3 heterocycles. The molecule has 1 saturated heterocycles. The lowest BCUT2D eigenvalue weighted by Gasteiger charge is -2.41. The van der Waals surface area contributed by atoms with Crippen molar-refractivity contribution in [2.75, 3.05) is 30.8 Å². The van der Waals surface area contributed by atoms with Crippen LogP contribution in [-0.4, -0.2) is 59.8 Å². The molecule has 1 atom stereocenters. The third-order valence-electron chi connectivity index (χ3n) is 5.15. The number of nitrogens with one attached hydrogen (secondary N) is 1. The molecule has 8 heteroatoms. The maximum Gasteiger partial charge on any atom is 0.211 e. The Hall–Kier alpha value is -2.45. The number of pyridine rings is 1. The third kappa shape index (κ3) is 3.68. The summed E-state index contributed by atoms with van der Waals surface area (Å²) in [6.07, 6.45) is 3.84. The van der Waals surface area contributed by atoms with E-state index >= 15 is 0 Å². The molecule has 7 nitrogen and oxygen atoms in total. The maximum atomic E-state index is 12.1. The van der Waals surface area contributed by atoms with Crippen molar-refractivity contribution in [1.29, 1.82) is 0 Å². The quantitative estimate of drug-likeness (QED) is 0.742. The smallest absolute Gasteiger partial charge is 0.211 e. The first-order valence-corrected chi connectivity index (χ1v) is 10.8. The van der Waals surface area contributed by atoms with Gasteiger partial charge in [-0.1, -0.05) is 30.3 Å². The molecule has 4 rings (SSSR count). The van der Waals surface area contributed by atoms with E-state index in [0.29, 0.717) is 19.6 Å². The van der Waals surface area contributed by atoms with Gasteiger partial charge in [0.1, 0.15) is 5.82 Å². The molecule has 2 aromatic heterocycles. The molecule has 0 amide bonds. The molecular weight excluding hydrogens is 362 g/mol. The highest BCUT2D eigenvalue weighted by atomic mass is 32.2. The van der Waals surface area contributed by atoms with E-state index in [-0.39, 0.29) is 6.04 Å². The number of benzene rings is 1. The van der Waals surface area contributed by atoms with Gasteiger partial charge in [-0.2, -0.15) is 9.40 Å². The second kappa shape index (κ2) is 6.94. The average molecular weight is 385 g/mol. The van der Waals surface area contributed by atoms with Crippen molar-refractivity contribution >= 4 is 26.7 Å². The number of sulfonamides is 1. The predicted octanol–water partition coefficient (Wildman–Crippen LogP) is 1.96. The Kier molecular flexibility index (Phi) is 4.61. The van der Waals surface area contributed by atoms with Gasteiger partial charge in [-0.3, -0.25) is 5.10 Å². The summed E-state index contributed by atoms with van der Waals surface area (Å²) < 4.78 is 25.8. The summed E-state index contributed by atoms with van der Waals surface area (Å²) in [5.41, 5.74) is 3.03. The van der Waals surface area contributed by atoms with Gasteiger partial charge in [0.05, 0.1) is 23.7 Å². The van der Waals surface area contributed by atoms with Gasteiger partial charge in [0, 0.05) is 31.1 Å². The normalized spacial score (nSPS) is 18.9. The second-order valence-electron chi connectivity index (χ2n) is 7.06. The molecule has 3 aromatic rings. The van der Waals surface area contributed by atoms with Crippen LogP contribution in [0.5, 0.6) is 0 Å². The molecule has 1 aliphatic heterocycles. The molecular formula is C19H23N5O2S. The average Bonchev–Trinajstić information content (AvgIpc) is 3.02. The van der Waals surface area contributed by atoms with Gasteiger partial charge in [0.2, 0.25) is 10.0 Å². The van der Waals surface area contributed by atoms with Gasteiger partial charge >= 0.3 is 0 Å². The minimum atomic E-state index is -3.22. The molecule has 1 aliphatic rings. The third-order valence-corrected chi connectivity index (χ3v) is 6.42. The topological polar surface area (TPSA) is 82.2 Å². The summed E-state index contributed by atoms with van der Waals surface area (Å²) in [7, 11) is -3.22. The molecule has 0 saturated carbocycles. The number of nitrogens with zero attached hydrogens (tertiary/aromatic N) is 4. The highest BCUT2D eigenvalue weighted by Crippen LogP contribution is 2.26. The van der Waals surface area contributed by atoms with Crippen molar-refractivity contribution in [3.63, 3.8) is 0 Å². The second-order valence-corrected chi connectivity index (χ2v) is 9.04. The molecule has 1 N–H and O–H groups in total. The Bertz CT molecular complexity index is 1050. The van der Waals surface area contributed by atoms with Crippen LogP contribution in [0.3, 0.4) is 0 Å². The van der Waals surface area contributed by atoms with E-state index in [0.717, 1.165) is 28.8 Å². The standard InChI is InChI=1S/C19H23N5O2S/c1-14-17-11-19(20-12-18(17)22-21-14)24-9-8-23(27(2,25)26)13-16(24)10-15-6-4-3-5-7-15/h3-7,11-12,16H,8-10,13H2,1-2H3,(H,21,22)/t16-/m1/s1. The number of aromatic nitrogens is 3. The summed E-state index contributed by atoms with van der Waals surface area (Å²) in [4.78, 5) is 6.83. The van der Waals surface area contributed by atoms with E-state index in [9.17, 15) is 8.42 Å². The van der Waals surface area contributed by atoms with Gasteiger partial charge in [0.15, 0.2) is 0 Å². The summed E-state index contributed by atoms with van der Waals surface area (Å²) in [6.45, 7) is 3.50. The highest BCUT2D eigenvalue weighted by molar-refractivity contribution is 7.88. The van der Waals surface area contributed by atoms with Crippen molar-refractivity contribution in [3.05, 3.63) is 53.9 Å². The number of aryl methyl sites for hydroxylation is 1. The van der Waals surface area contributed by atoms with Gasteiger partial charge in [0.25, 0.3) is 0 Å².